The number of hydrazone groups is 1. The molecule has 0 aliphatic carbocycles. The van der Waals surface area contributed by atoms with Gasteiger partial charge in [0.05, 0.1) is 11.9 Å². The van der Waals surface area contributed by atoms with Crippen LogP contribution in [-0.2, 0) is 6.42 Å². The topological polar surface area (TPSA) is 37.3 Å². The second kappa shape index (κ2) is 5.98. The van der Waals surface area contributed by atoms with Gasteiger partial charge in [-0.25, -0.2) is 4.98 Å². The van der Waals surface area contributed by atoms with Gasteiger partial charge in [-0.2, -0.15) is 5.10 Å². The largest absolute Gasteiger partial charge is 0.253 e. The van der Waals surface area contributed by atoms with Gasteiger partial charge in [0, 0.05) is 10.4 Å². The number of benzene rings is 1. The normalized spacial score (nSPS) is 11.1. The third-order valence-corrected chi connectivity index (χ3v) is 3.68. The van der Waals surface area contributed by atoms with E-state index in [0.717, 1.165) is 33.4 Å². The Hall–Kier alpha value is -1.39. The minimum atomic E-state index is 0.799. The SMILES string of the molecule is CCc1cc(C=NNc2nc(C)cs2)ccc1Cl. The zero-order valence-electron chi connectivity index (χ0n) is 10.3. The number of hydrogen-bond acceptors (Lipinski definition) is 4. The smallest absolute Gasteiger partial charge is 0.203 e. The van der Waals surface area contributed by atoms with Crippen LogP contribution in [0.5, 0.6) is 0 Å². The second-order valence-corrected chi connectivity index (χ2v) is 5.13. The van der Waals surface area contributed by atoms with E-state index in [2.05, 4.69) is 22.4 Å². The van der Waals surface area contributed by atoms with Crippen molar-refractivity contribution < 1.29 is 0 Å². The summed E-state index contributed by atoms with van der Waals surface area (Å²) >= 11 is 7.60. The lowest BCUT2D eigenvalue weighted by Gasteiger charge is -2.01. The lowest BCUT2D eigenvalue weighted by Crippen LogP contribution is -1.91. The Morgan fingerprint density at radius 3 is 3.00 bits per heavy atom. The van der Waals surface area contributed by atoms with Gasteiger partial charge < -0.3 is 0 Å². The van der Waals surface area contributed by atoms with Crippen LogP contribution in [0.15, 0.2) is 28.7 Å². The Balaban J connectivity index is 2.04. The number of nitrogens with one attached hydrogen (secondary N) is 1. The maximum atomic E-state index is 6.06. The fourth-order valence-corrected chi connectivity index (χ4v) is 2.40. The van der Waals surface area contributed by atoms with Gasteiger partial charge in [0.25, 0.3) is 0 Å². The van der Waals surface area contributed by atoms with Crippen molar-refractivity contribution in [3.63, 3.8) is 0 Å². The highest BCUT2D eigenvalue weighted by Crippen LogP contribution is 2.17. The molecule has 0 amide bonds. The second-order valence-electron chi connectivity index (χ2n) is 3.87. The first-order chi connectivity index (χ1) is 8.69. The lowest BCUT2D eigenvalue weighted by molar-refractivity contribution is 1.14. The zero-order valence-corrected chi connectivity index (χ0v) is 11.8. The number of anilines is 1. The first kappa shape index (κ1) is 13.1. The molecule has 0 fully saturated rings. The molecule has 18 heavy (non-hydrogen) atoms. The number of halogens is 1. The van der Waals surface area contributed by atoms with E-state index in [1.165, 1.54) is 11.3 Å². The molecule has 1 aromatic heterocycles. The molecular weight excluding hydrogens is 266 g/mol. The molecule has 0 aliphatic rings. The average molecular weight is 280 g/mol. The molecule has 1 N–H and O–H groups in total. The van der Waals surface area contributed by atoms with Crippen LogP contribution in [0.1, 0.15) is 23.7 Å². The van der Waals surface area contributed by atoms with Gasteiger partial charge in [-0.1, -0.05) is 24.6 Å². The fourth-order valence-electron chi connectivity index (χ4n) is 1.51. The van der Waals surface area contributed by atoms with Crippen LogP contribution in [0, 0.1) is 6.92 Å². The van der Waals surface area contributed by atoms with Crippen LogP contribution < -0.4 is 5.43 Å². The molecule has 0 atom stereocenters. The Kier molecular flexibility index (Phi) is 4.33. The Labute approximate surface area is 116 Å². The van der Waals surface area contributed by atoms with Crippen LogP contribution in [0.2, 0.25) is 5.02 Å². The maximum absolute atomic E-state index is 6.06. The van der Waals surface area contributed by atoms with E-state index >= 15 is 0 Å². The van der Waals surface area contributed by atoms with Crippen molar-refractivity contribution in [3.8, 4) is 0 Å². The number of thiazole rings is 1. The molecule has 0 unspecified atom stereocenters. The number of aryl methyl sites for hydroxylation is 2. The molecule has 5 heteroatoms. The van der Waals surface area contributed by atoms with Crippen LogP contribution >= 0.6 is 22.9 Å². The van der Waals surface area contributed by atoms with E-state index in [0.29, 0.717) is 0 Å². The zero-order chi connectivity index (χ0) is 13.0. The summed E-state index contributed by atoms with van der Waals surface area (Å²) in [5.41, 5.74) is 6.06. The Morgan fingerprint density at radius 2 is 2.33 bits per heavy atom. The lowest BCUT2D eigenvalue weighted by atomic mass is 10.1. The molecule has 1 heterocycles. The molecule has 3 nitrogen and oxygen atoms in total. The molecule has 0 aliphatic heterocycles. The first-order valence-corrected chi connectivity index (χ1v) is 6.94. The van der Waals surface area contributed by atoms with Gasteiger partial charge in [-0.3, -0.25) is 5.43 Å². The van der Waals surface area contributed by atoms with Crippen molar-refractivity contribution >= 4 is 34.3 Å². The maximum Gasteiger partial charge on any atom is 0.203 e. The Morgan fingerprint density at radius 1 is 1.50 bits per heavy atom. The molecule has 0 radical (unpaired) electrons. The number of hydrogen-bond donors (Lipinski definition) is 1. The number of rotatable bonds is 4. The standard InChI is InChI=1S/C13H14ClN3S/c1-3-11-6-10(4-5-12(11)14)7-15-17-13-16-9(2)8-18-13/h4-8H,3H2,1-2H3,(H,16,17). The molecule has 0 spiro atoms. The minimum absolute atomic E-state index is 0.799. The molecule has 2 aromatic rings. The van der Waals surface area contributed by atoms with Gasteiger partial charge in [-0.05, 0) is 36.6 Å². The molecule has 0 bridgehead atoms. The third-order valence-electron chi connectivity index (χ3n) is 2.44. The first-order valence-electron chi connectivity index (χ1n) is 5.68. The van der Waals surface area contributed by atoms with Crippen molar-refractivity contribution in [2.75, 3.05) is 5.43 Å². The van der Waals surface area contributed by atoms with E-state index in [1.807, 2.05) is 30.5 Å². The predicted octanol–water partition coefficient (Wildman–Crippen LogP) is 4.11. The summed E-state index contributed by atoms with van der Waals surface area (Å²) in [7, 11) is 0. The quantitative estimate of drug-likeness (QED) is 0.675. The van der Waals surface area contributed by atoms with E-state index in [-0.39, 0.29) is 0 Å². The monoisotopic (exact) mass is 279 g/mol. The van der Waals surface area contributed by atoms with Crippen LogP contribution in [-0.4, -0.2) is 11.2 Å². The van der Waals surface area contributed by atoms with Gasteiger partial charge in [0.1, 0.15) is 0 Å². The van der Waals surface area contributed by atoms with Crippen LogP contribution in [0.25, 0.3) is 0 Å². The van der Waals surface area contributed by atoms with Crippen LogP contribution in [0.4, 0.5) is 5.13 Å². The highest BCUT2D eigenvalue weighted by atomic mass is 35.5. The van der Waals surface area contributed by atoms with E-state index in [4.69, 9.17) is 11.6 Å². The highest BCUT2D eigenvalue weighted by molar-refractivity contribution is 7.13. The van der Waals surface area contributed by atoms with Crippen molar-refractivity contribution in [2.45, 2.75) is 20.3 Å². The van der Waals surface area contributed by atoms with Gasteiger partial charge >= 0.3 is 0 Å². The van der Waals surface area contributed by atoms with E-state index < -0.39 is 0 Å². The van der Waals surface area contributed by atoms with Gasteiger partial charge in [0.2, 0.25) is 5.13 Å². The summed E-state index contributed by atoms with van der Waals surface area (Å²) < 4.78 is 0. The molecule has 2 rings (SSSR count). The molecule has 0 saturated carbocycles. The summed E-state index contributed by atoms with van der Waals surface area (Å²) in [6.45, 7) is 4.04. The molecular formula is C13H14ClN3S. The summed E-state index contributed by atoms with van der Waals surface area (Å²) in [4.78, 5) is 4.26. The summed E-state index contributed by atoms with van der Waals surface area (Å²) in [6, 6.07) is 5.88. The van der Waals surface area contributed by atoms with Crippen molar-refractivity contribution in [1.82, 2.24) is 4.98 Å². The van der Waals surface area contributed by atoms with Crippen molar-refractivity contribution in [3.05, 3.63) is 45.4 Å². The van der Waals surface area contributed by atoms with Gasteiger partial charge in [0.15, 0.2) is 0 Å². The highest BCUT2D eigenvalue weighted by Gasteiger charge is 1.99. The van der Waals surface area contributed by atoms with Crippen molar-refractivity contribution in [2.24, 2.45) is 5.10 Å². The summed E-state index contributed by atoms with van der Waals surface area (Å²) in [5.74, 6) is 0. The molecule has 0 saturated heterocycles. The molecule has 1 aromatic carbocycles. The number of nitrogens with zero attached hydrogens (tertiary/aromatic N) is 2. The van der Waals surface area contributed by atoms with Crippen molar-refractivity contribution in [1.29, 1.82) is 0 Å². The summed E-state index contributed by atoms with van der Waals surface area (Å²) in [6.07, 6.45) is 2.69. The third kappa shape index (κ3) is 3.31. The predicted molar refractivity (Wildman–Crippen MR) is 78.9 cm³/mol. The summed E-state index contributed by atoms with van der Waals surface area (Å²) in [5, 5.41) is 7.74. The Bertz CT molecular complexity index is 563. The van der Waals surface area contributed by atoms with E-state index in [1.54, 1.807) is 6.21 Å². The van der Waals surface area contributed by atoms with Crippen LogP contribution in [0.3, 0.4) is 0 Å². The fraction of sp³-hybridized carbons (Fsp3) is 0.231. The average Bonchev–Trinajstić information content (AvgIpc) is 2.77. The molecule has 94 valence electrons. The van der Waals surface area contributed by atoms with Gasteiger partial charge in [-0.15, -0.1) is 11.3 Å². The van der Waals surface area contributed by atoms with E-state index in [9.17, 15) is 0 Å². The minimum Gasteiger partial charge on any atom is -0.253 e. The number of aromatic nitrogens is 1.